The molecule has 1 aromatic carbocycles. The number of rotatable bonds is 5. The SMILES string of the molecule is Cl.NN=Cc1ccc(N2CCN(C3CCN(CC(=O)O)CC3)CC2)cc1. The maximum absolute atomic E-state index is 10.8. The lowest BCUT2D eigenvalue weighted by atomic mass is 10.0. The van der Waals surface area contributed by atoms with Crippen LogP contribution in [0.4, 0.5) is 5.69 Å². The number of likely N-dealkylation sites (tertiary alicyclic amines) is 1. The van der Waals surface area contributed by atoms with E-state index in [4.69, 9.17) is 10.9 Å². The van der Waals surface area contributed by atoms with Crippen molar-refractivity contribution in [3.63, 3.8) is 0 Å². The topological polar surface area (TPSA) is 85.4 Å². The average molecular weight is 382 g/mol. The van der Waals surface area contributed by atoms with Gasteiger partial charge < -0.3 is 15.8 Å². The van der Waals surface area contributed by atoms with Crippen LogP contribution in [0, 0.1) is 0 Å². The summed E-state index contributed by atoms with van der Waals surface area (Å²) in [5, 5.41) is 12.4. The number of carboxylic acids is 1. The van der Waals surface area contributed by atoms with Gasteiger partial charge in [-0.25, -0.2) is 0 Å². The van der Waals surface area contributed by atoms with E-state index < -0.39 is 5.97 Å². The molecule has 8 heteroatoms. The van der Waals surface area contributed by atoms with Crippen molar-refractivity contribution in [3.8, 4) is 0 Å². The molecule has 0 aliphatic carbocycles. The highest BCUT2D eigenvalue weighted by Crippen LogP contribution is 2.21. The molecule has 0 bridgehead atoms. The second-order valence-corrected chi connectivity index (χ2v) is 6.79. The number of carboxylic acid groups (broad SMARTS) is 1. The van der Waals surface area contributed by atoms with Crippen LogP contribution >= 0.6 is 12.4 Å². The normalized spacial score (nSPS) is 20.2. The standard InChI is InChI=1S/C18H27N5O2.ClH/c19-20-13-15-1-3-16(4-2-15)22-9-11-23(12-10-22)17-5-7-21(8-6-17)14-18(24)25;/h1-4,13,17H,5-12,14,19H2,(H,24,25);1H. The molecular weight excluding hydrogens is 354 g/mol. The van der Waals surface area contributed by atoms with Crippen LogP contribution in [0.15, 0.2) is 29.4 Å². The summed E-state index contributed by atoms with van der Waals surface area (Å²) in [5.74, 6) is 4.46. The first-order valence-corrected chi connectivity index (χ1v) is 8.92. The number of nitrogens with zero attached hydrogens (tertiary/aromatic N) is 4. The molecule has 0 aromatic heterocycles. The van der Waals surface area contributed by atoms with Gasteiger partial charge in [0, 0.05) is 51.0 Å². The van der Waals surface area contributed by atoms with Crippen LogP contribution in [0.25, 0.3) is 0 Å². The zero-order valence-electron chi connectivity index (χ0n) is 15.0. The molecule has 0 spiro atoms. The van der Waals surface area contributed by atoms with Crippen molar-refractivity contribution in [1.29, 1.82) is 0 Å². The fourth-order valence-electron chi connectivity index (χ4n) is 3.84. The van der Waals surface area contributed by atoms with Gasteiger partial charge in [0.1, 0.15) is 0 Å². The number of benzene rings is 1. The zero-order valence-corrected chi connectivity index (χ0v) is 15.8. The van der Waals surface area contributed by atoms with E-state index in [0.29, 0.717) is 6.04 Å². The fraction of sp³-hybridized carbons (Fsp3) is 0.556. The van der Waals surface area contributed by atoms with Gasteiger partial charge in [-0.2, -0.15) is 5.10 Å². The van der Waals surface area contributed by atoms with Gasteiger partial charge in [-0.05, 0) is 30.5 Å². The van der Waals surface area contributed by atoms with Crippen LogP contribution in [0.3, 0.4) is 0 Å². The number of nitrogens with two attached hydrogens (primary N) is 1. The Balaban J connectivity index is 0.00000243. The van der Waals surface area contributed by atoms with Crippen LogP contribution in [-0.4, -0.2) is 78.9 Å². The minimum absolute atomic E-state index is 0. The number of hydrogen-bond donors (Lipinski definition) is 2. The van der Waals surface area contributed by atoms with Crippen LogP contribution in [-0.2, 0) is 4.79 Å². The minimum Gasteiger partial charge on any atom is -0.480 e. The van der Waals surface area contributed by atoms with E-state index in [0.717, 1.165) is 57.7 Å². The molecule has 1 aromatic rings. The summed E-state index contributed by atoms with van der Waals surface area (Å²) in [6.07, 6.45) is 3.79. The maximum Gasteiger partial charge on any atom is 0.317 e. The lowest BCUT2D eigenvalue weighted by Crippen LogP contribution is -2.53. The lowest BCUT2D eigenvalue weighted by molar-refractivity contribution is -0.138. The number of piperazine rings is 1. The summed E-state index contributed by atoms with van der Waals surface area (Å²) in [6, 6.07) is 8.91. The van der Waals surface area contributed by atoms with E-state index in [1.54, 1.807) is 6.21 Å². The van der Waals surface area contributed by atoms with Crippen LogP contribution < -0.4 is 10.7 Å². The van der Waals surface area contributed by atoms with Gasteiger partial charge >= 0.3 is 5.97 Å². The predicted molar refractivity (Wildman–Crippen MR) is 106 cm³/mol. The number of hydrogen-bond acceptors (Lipinski definition) is 6. The quantitative estimate of drug-likeness (QED) is 0.451. The average Bonchev–Trinajstić information content (AvgIpc) is 2.63. The summed E-state index contributed by atoms with van der Waals surface area (Å²) in [4.78, 5) is 17.8. The molecular formula is C18H28ClN5O2. The molecule has 3 N–H and O–H groups in total. The van der Waals surface area contributed by atoms with Crippen LogP contribution in [0.5, 0.6) is 0 Å². The van der Waals surface area contributed by atoms with Crippen molar-refractivity contribution in [2.24, 2.45) is 10.9 Å². The zero-order chi connectivity index (χ0) is 17.6. The summed E-state index contributed by atoms with van der Waals surface area (Å²) >= 11 is 0. The Morgan fingerprint density at radius 1 is 1.12 bits per heavy atom. The van der Waals surface area contributed by atoms with Crippen LogP contribution in [0.2, 0.25) is 0 Å². The first-order valence-electron chi connectivity index (χ1n) is 8.92. The molecule has 2 heterocycles. The second kappa shape index (κ2) is 9.75. The van der Waals surface area contributed by atoms with Crippen molar-refractivity contribution in [1.82, 2.24) is 9.80 Å². The van der Waals surface area contributed by atoms with E-state index in [9.17, 15) is 4.79 Å². The molecule has 26 heavy (non-hydrogen) atoms. The molecule has 144 valence electrons. The number of aliphatic carboxylic acids is 1. The van der Waals surface area contributed by atoms with Crippen molar-refractivity contribution in [3.05, 3.63) is 29.8 Å². The number of carbonyl (C=O) groups is 1. The third-order valence-electron chi connectivity index (χ3n) is 5.23. The summed E-state index contributed by atoms with van der Waals surface area (Å²) in [7, 11) is 0. The van der Waals surface area contributed by atoms with E-state index in [1.165, 1.54) is 5.69 Å². The fourth-order valence-corrected chi connectivity index (χ4v) is 3.84. The third-order valence-corrected chi connectivity index (χ3v) is 5.23. The van der Waals surface area contributed by atoms with Gasteiger partial charge in [0.25, 0.3) is 0 Å². The molecule has 3 rings (SSSR count). The van der Waals surface area contributed by atoms with E-state index >= 15 is 0 Å². The second-order valence-electron chi connectivity index (χ2n) is 6.79. The number of hydrazone groups is 1. The van der Waals surface area contributed by atoms with Gasteiger partial charge in [-0.15, -0.1) is 12.4 Å². The summed E-state index contributed by atoms with van der Waals surface area (Å²) in [5.41, 5.74) is 2.25. The largest absolute Gasteiger partial charge is 0.480 e. The Labute approximate surface area is 160 Å². The molecule has 0 unspecified atom stereocenters. The van der Waals surface area contributed by atoms with E-state index in [-0.39, 0.29) is 19.0 Å². The molecule has 0 amide bonds. The lowest BCUT2D eigenvalue weighted by Gasteiger charge is -2.43. The Bertz CT molecular complexity index is 594. The van der Waals surface area contributed by atoms with Gasteiger partial charge in [0.05, 0.1) is 12.8 Å². The van der Waals surface area contributed by atoms with Gasteiger partial charge in [-0.1, -0.05) is 12.1 Å². The minimum atomic E-state index is -0.726. The Morgan fingerprint density at radius 3 is 2.27 bits per heavy atom. The van der Waals surface area contributed by atoms with Gasteiger partial charge in [-0.3, -0.25) is 14.6 Å². The van der Waals surface area contributed by atoms with Crippen molar-refractivity contribution >= 4 is 30.3 Å². The van der Waals surface area contributed by atoms with Crippen LogP contribution in [0.1, 0.15) is 18.4 Å². The predicted octanol–water partition coefficient (Wildman–Crippen LogP) is 1.07. The van der Waals surface area contributed by atoms with Crippen molar-refractivity contribution < 1.29 is 9.90 Å². The molecule has 0 saturated carbocycles. The first kappa shape index (κ1) is 20.5. The molecule has 2 fully saturated rings. The van der Waals surface area contributed by atoms with Crippen molar-refractivity contribution in [2.75, 3.05) is 50.7 Å². The molecule has 2 aliphatic rings. The maximum atomic E-state index is 10.8. The summed E-state index contributed by atoms with van der Waals surface area (Å²) in [6.45, 7) is 6.14. The number of piperidine rings is 1. The Morgan fingerprint density at radius 2 is 1.73 bits per heavy atom. The Hall–Kier alpha value is -1.83. The van der Waals surface area contributed by atoms with Gasteiger partial charge in [0.2, 0.25) is 0 Å². The highest BCUT2D eigenvalue weighted by molar-refractivity contribution is 5.85. The smallest absolute Gasteiger partial charge is 0.317 e. The molecule has 2 aliphatic heterocycles. The van der Waals surface area contributed by atoms with E-state index in [1.807, 2.05) is 17.0 Å². The van der Waals surface area contributed by atoms with Crippen molar-refractivity contribution in [2.45, 2.75) is 18.9 Å². The molecule has 7 nitrogen and oxygen atoms in total. The molecule has 2 saturated heterocycles. The Kier molecular flexibility index (Phi) is 7.68. The highest BCUT2D eigenvalue weighted by Gasteiger charge is 2.28. The number of halogens is 1. The van der Waals surface area contributed by atoms with E-state index in [2.05, 4.69) is 27.0 Å². The third kappa shape index (κ3) is 5.33. The van der Waals surface area contributed by atoms with Gasteiger partial charge in [0.15, 0.2) is 0 Å². The summed E-state index contributed by atoms with van der Waals surface area (Å²) < 4.78 is 0. The first-order chi connectivity index (χ1) is 12.2. The molecule has 0 radical (unpaired) electrons. The highest BCUT2D eigenvalue weighted by atomic mass is 35.5. The molecule has 0 atom stereocenters. The monoisotopic (exact) mass is 381 g/mol. The number of anilines is 1.